The number of carbonyl (C=O) groups excluding carboxylic acids is 2. The Hall–Kier alpha value is -1.43. The van der Waals surface area contributed by atoms with Crippen molar-refractivity contribution in [3.63, 3.8) is 0 Å². The summed E-state index contributed by atoms with van der Waals surface area (Å²) in [5, 5.41) is 5.58. The average molecular weight is 352 g/mol. The number of anilines is 1. The first-order chi connectivity index (χ1) is 11.2. The SMILES string of the molecule is CC[C@@H](C)C(=O)N1CCC[C@H](C(=O)Nc2nc(C(C)(C)C)cs2)C1. The van der Waals surface area contributed by atoms with Gasteiger partial charge in [0.15, 0.2) is 5.13 Å². The highest BCUT2D eigenvalue weighted by molar-refractivity contribution is 7.13. The monoisotopic (exact) mass is 351 g/mol. The second kappa shape index (κ2) is 7.64. The fraction of sp³-hybridized carbons (Fsp3) is 0.722. The first-order valence-corrected chi connectivity index (χ1v) is 9.66. The third kappa shape index (κ3) is 4.56. The van der Waals surface area contributed by atoms with Gasteiger partial charge in [-0.05, 0) is 19.3 Å². The Labute approximate surface area is 148 Å². The van der Waals surface area contributed by atoms with Crippen molar-refractivity contribution in [2.45, 2.75) is 59.3 Å². The van der Waals surface area contributed by atoms with Crippen LogP contribution in [0.5, 0.6) is 0 Å². The molecule has 0 aromatic carbocycles. The number of aromatic nitrogens is 1. The van der Waals surface area contributed by atoms with Gasteiger partial charge in [0.25, 0.3) is 0 Å². The molecule has 1 aliphatic heterocycles. The summed E-state index contributed by atoms with van der Waals surface area (Å²) in [4.78, 5) is 31.3. The predicted molar refractivity (Wildman–Crippen MR) is 98.2 cm³/mol. The molecule has 1 N–H and O–H groups in total. The summed E-state index contributed by atoms with van der Waals surface area (Å²) in [5.41, 5.74) is 0.962. The van der Waals surface area contributed by atoms with Crippen LogP contribution in [0.25, 0.3) is 0 Å². The molecule has 5 nitrogen and oxygen atoms in total. The van der Waals surface area contributed by atoms with E-state index in [4.69, 9.17) is 0 Å². The number of carbonyl (C=O) groups is 2. The first-order valence-electron chi connectivity index (χ1n) is 8.78. The lowest BCUT2D eigenvalue weighted by Crippen LogP contribution is -2.45. The van der Waals surface area contributed by atoms with Gasteiger partial charge in [-0.15, -0.1) is 11.3 Å². The summed E-state index contributed by atoms with van der Waals surface area (Å²) in [6.45, 7) is 11.6. The van der Waals surface area contributed by atoms with Crippen LogP contribution in [0.4, 0.5) is 5.13 Å². The first kappa shape index (κ1) is 18.9. The molecule has 24 heavy (non-hydrogen) atoms. The Morgan fingerprint density at radius 1 is 1.46 bits per heavy atom. The highest BCUT2D eigenvalue weighted by Crippen LogP contribution is 2.27. The van der Waals surface area contributed by atoms with Crippen molar-refractivity contribution in [2.24, 2.45) is 11.8 Å². The van der Waals surface area contributed by atoms with E-state index in [1.165, 1.54) is 11.3 Å². The minimum absolute atomic E-state index is 0.0218. The number of hydrogen-bond donors (Lipinski definition) is 1. The van der Waals surface area contributed by atoms with E-state index in [2.05, 4.69) is 31.1 Å². The lowest BCUT2D eigenvalue weighted by atomic mass is 9.93. The summed E-state index contributed by atoms with van der Waals surface area (Å²) in [5.74, 6) is 0.0274. The topological polar surface area (TPSA) is 62.3 Å². The fourth-order valence-corrected chi connectivity index (χ4v) is 3.70. The third-order valence-electron chi connectivity index (χ3n) is 4.64. The van der Waals surface area contributed by atoms with Gasteiger partial charge in [0.05, 0.1) is 11.6 Å². The number of piperidine rings is 1. The smallest absolute Gasteiger partial charge is 0.231 e. The van der Waals surface area contributed by atoms with Gasteiger partial charge >= 0.3 is 0 Å². The lowest BCUT2D eigenvalue weighted by molar-refractivity contribution is -0.138. The van der Waals surface area contributed by atoms with E-state index in [-0.39, 0.29) is 29.1 Å². The molecule has 1 fully saturated rings. The molecule has 6 heteroatoms. The summed E-state index contributed by atoms with van der Waals surface area (Å²) in [6.07, 6.45) is 2.54. The molecule has 0 aliphatic carbocycles. The minimum atomic E-state index is -0.145. The van der Waals surface area contributed by atoms with Gasteiger partial charge < -0.3 is 10.2 Å². The van der Waals surface area contributed by atoms with Gasteiger partial charge in [-0.1, -0.05) is 34.6 Å². The standard InChI is InChI=1S/C18H29N3O2S/c1-6-12(2)16(23)21-9-7-8-13(10-21)15(22)20-17-19-14(11-24-17)18(3,4)5/h11-13H,6-10H2,1-5H3,(H,19,20,22)/t12-,13+/m1/s1. The molecule has 2 atom stereocenters. The van der Waals surface area contributed by atoms with Gasteiger partial charge in [-0.3, -0.25) is 9.59 Å². The van der Waals surface area contributed by atoms with Crippen molar-refractivity contribution in [1.82, 2.24) is 9.88 Å². The molecule has 1 saturated heterocycles. The van der Waals surface area contributed by atoms with Crippen molar-refractivity contribution in [2.75, 3.05) is 18.4 Å². The van der Waals surface area contributed by atoms with Gasteiger partial charge in [0.2, 0.25) is 11.8 Å². The largest absolute Gasteiger partial charge is 0.342 e. The van der Waals surface area contributed by atoms with Crippen LogP contribution in [0.1, 0.15) is 59.6 Å². The minimum Gasteiger partial charge on any atom is -0.342 e. The van der Waals surface area contributed by atoms with Crippen LogP contribution in [0.15, 0.2) is 5.38 Å². The van der Waals surface area contributed by atoms with Crippen LogP contribution < -0.4 is 5.32 Å². The van der Waals surface area contributed by atoms with Crippen LogP contribution in [0, 0.1) is 11.8 Å². The zero-order chi connectivity index (χ0) is 17.9. The molecular weight excluding hydrogens is 322 g/mol. The molecule has 0 radical (unpaired) electrons. The highest BCUT2D eigenvalue weighted by Gasteiger charge is 2.30. The Morgan fingerprint density at radius 3 is 2.75 bits per heavy atom. The zero-order valence-electron chi connectivity index (χ0n) is 15.4. The predicted octanol–water partition coefficient (Wildman–Crippen LogP) is 3.66. The number of hydrogen-bond acceptors (Lipinski definition) is 4. The summed E-state index contributed by atoms with van der Waals surface area (Å²) in [7, 11) is 0. The molecule has 2 amide bonds. The molecule has 2 heterocycles. The van der Waals surface area contributed by atoms with Gasteiger partial charge in [0, 0.05) is 29.8 Å². The maximum atomic E-state index is 12.6. The number of amides is 2. The van der Waals surface area contributed by atoms with Crippen LogP contribution in [0.3, 0.4) is 0 Å². The molecular formula is C18H29N3O2S. The van der Waals surface area contributed by atoms with Crippen LogP contribution in [0.2, 0.25) is 0 Å². The maximum absolute atomic E-state index is 12.6. The van der Waals surface area contributed by atoms with Gasteiger partial charge in [-0.25, -0.2) is 4.98 Å². The molecule has 0 bridgehead atoms. The van der Waals surface area contributed by atoms with Crippen LogP contribution in [-0.4, -0.2) is 34.8 Å². The summed E-state index contributed by atoms with van der Waals surface area (Å²) < 4.78 is 0. The molecule has 0 saturated carbocycles. The van der Waals surface area contributed by atoms with E-state index in [0.29, 0.717) is 11.7 Å². The number of likely N-dealkylation sites (tertiary alicyclic amines) is 1. The molecule has 1 aromatic heterocycles. The normalized spacial score (nSPS) is 19.9. The van der Waals surface area contributed by atoms with Crippen molar-refractivity contribution >= 4 is 28.3 Å². The Balaban J connectivity index is 1.97. The van der Waals surface area contributed by atoms with Crippen molar-refractivity contribution < 1.29 is 9.59 Å². The molecule has 1 aromatic rings. The highest BCUT2D eigenvalue weighted by atomic mass is 32.1. The summed E-state index contributed by atoms with van der Waals surface area (Å²) in [6, 6.07) is 0. The second-order valence-corrected chi connectivity index (χ2v) is 8.57. The van der Waals surface area contributed by atoms with Crippen molar-refractivity contribution in [3.8, 4) is 0 Å². The Morgan fingerprint density at radius 2 is 2.17 bits per heavy atom. The quantitative estimate of drug-likeness (QED) is 0.900. The average Bonchev–Trinajstić information content (AvgIpc) is 3.02. The lowest BCUT2D eigenvalue weighted by Gasteiger charge is -2.33. The van der Waals surface area contributed by atoms with Gasteiger partial charge in [-0.2, -0.15) is 0 Å². The van der Waals surface area contributed by atoms with Crippen LogP contribution >= 0.6 is 11.3 Å². The number of thiazole rings is 1. The van der Waals surface area contributed by atoms with E-state index in [0.717, 1.165) is 31.5 Å². The number of nitrogens with one attached hydrogen (secondary N) is 1. The molecule has 0 spiro atoms. The van der Waals surface area contributed by atoms with Crippen molar-refractivity contribution in [3.05, 3.63) is 11.1 Å². The molecule has 1 aliphatic rings. The molecule has 134 valence electrons. The molecule has 0 unspecified atom stereocenters. The zero-order valence-corrected chi connectivity index (χ0v) is 16.2. The summed E-state index contributed by atoms with van der Waals surface area (Å²) >= 11 is 1.46. The Bertz CT molecular complexity index is 591. The maximum Gasteiger partial charge on any atom is 0.231 e. The Kier molecular flexibility index (Phi) is 6.01. The number of rotatable bonds is 4. The second-order valence-electron chi connectivity index (χ2n) is 7.71. The van der Waals surface area contributed by atoms with E-state index in [1.807, 2.05) is 24.1 Å². The number of nitrogens with zero attached hydrogens (tertiary/aromatic N) is 2. The van der Waals surface area contributed by atoms with E-state index < -0.39 is 0 Å². The van der Waals surface area contributed by atoms with Crippen molar-refractivity contribution in [1.29, 1.82) is 0 Å². The van der Waals surface area contributed by atoms with Gasteiger partial charge in [0.1, 0.15) is 0 Å². The van der Waals surface area contributed by atoms with E-state index in [1.54, 1.807) is 0 Å². The third-order valence-corrected chi connectivity index (χ3v) is 5.40. The van der Waals surface area contributed by atoms with Crippen LogP contribution in [-0.2, 0) is 15.0 Å². The van der Waals surface area contributed by atoms with E-state index in [9.17, 15) is 9.59 Å². The fourth-order valence-electron chi connectivity index (χ4n) is 2.76. The molecule has 2 rings (SSSR count). The van der Waals surface area contributed by atoms with E-state index >= 15 is 0 Å².